The Hall–Kier alpha value is -1.99. The van der Waals surface area contributed by atoms with Crippen LogP contribution in [0.15, 0.2) is 22.7 Å². The van der Waals surface area contributed by atoms with E-state index in [1.807, 2.05) is 0 Å². The van der Waals surface area contributed by atoms with Crippen molar-refractivity contribution < 1.29 is 23.9 Å². The summed E-state index contributed by atoms with van der Waals surface area (Å²) in [6, 6.07) is 4.95. The molecule has 0 fully saturated rings. The molecule has 2 aromatic rings. The molecule has 0 aliphatic carbocycles. The molecule has 0 aliphatic heterocycles. The fourth-order valence-corrected chi connectivity index (χ4v) is 1.57. The molecule has 19 heavy (non-hydrogen) atoms. The fourth-order valence-electron chi connectivity index (χ4n) is 1.39. The summed E-state index contributed by atoms with van der Waals surface area (Å²) in [5, 5.41) is 14.3. The first kappa shape index (κ1) is 13.4. The van der Waals surface area contributed by atoms with Crippen molar-refractivity contribution in [2.45, 2.75) is 6.10 Å². The summed E-state index contributed by atoms with van der Waals surface area (Å²) >= 11 is 5.85. The van der Waals surface area contributed by atoms with E-state index in [-0.39, 0.29) is 19.1 Å². The number of aromatic nitrogens is 1. The Kier molecular flexibility index (Phi) is 4.08. The van der Waals surface area contributed by atoms with Gasteiger partial charge >= 0.3 is 6.09 Å². The molecule has 2 rings (SSSR count). The molecule has 0 spiro atoms. The minimum atomic E-state index is -1.02. The number of aliphatic hydroxyl groups excluding tert-OH is 1. The molecule has 102 valence electrons. The lowest BCUT2D eigenvalue weighted by atomic mass is 10.2. The number of carbonyl (C=O) groups is 1. The molecule has 1 unspecified atom stereocenters. The van der Waals surface area contributed by atoms with Crippen molar-refractivity contribution in [3.63, 3.8) is 0 Å². The monoisotopic (exact) mass is 286 g/mol. The Morgan fingerprint density at radius 2 is 2.32 bits per heavy atom. The van der Waals surface area contributed by atoms with Gasteiger partial charge in [-0.2, -0.15) is 0 Å². The van der Waals surface area contributed by atoms with Crippen molar-refractivity contribution in [3.8, 4) is 5.88 Å². The summed E-state index contributed by atoms with van der Waals surface area (Å²) in [5.74, 6) is 0.204. The zero-order valence-corrected chi connectivity index (χ0v) is 10.5. The van der Waals surface area contributed by atoms with Gasteiger partial charge in [-0.1, -0.05) is 11.6 Å². The van der Waals surface area contributed by atoms with E-state index < -0.39 is 12.2 Å². The predicted molar refractivity (Wildman–Crippen MR) is 66.1 cm³/mol. The number of nitrogens with zero attached hydrogens (tertiary/aromatic N) is 1. The fraction of sp³-hybridized carbons (Fsp3) is 0.273. The largest absolute Gasteiger partial charge is 0.472 e. The summed E-state index contributed by atoms with van der Waals surface area (Å²) < 4.78 is 14.7. The number of nitrogens with two attached hydrogens (primary N) is 1. The van der Waals surface area contributed by atoms with Gasteiger partial charge in [-0.25, -0.2) is 4.79 Å². The Labute approximate surface area is 112 Å². The number of rotatable bonds is 5. The van der Waals surface area contributed by atoms with Gasteiger partial charge in [0.2, 0.25) is 0 Å². The van der Waals surface area contributed by atoms with Crippen LogP contribution >= 0.6 is 11.6 Å². The molecule has 7 nitrogen and oxygen atoms in total. The second-order valence-corrected chi connectivity index (χ2v) is 4.16. The molecule has 0 saturated heterocycles. The number of hydrogen-bond donors (Lipinski definition) is 2. The van der Waals surface area contributed by atoms with Gasteiger partial charge in [-0.3, -0.25) is 0 Å². The van der Waals surface area contributed by atoms with Gasteiger partial charge in [-0.05, 0) is 23.4 Å². The predicted octanol–water partition coefficient (Wildman–Crippen LogP) is 1.32. The quantitative estimate of drug-likeness (QED) is 0.858. The average Bonchev–Trinajstić information content (AvgIpc) is 2.76. The number of fused-ring (bicyclic) bond motifs is 1. The van der Waals surface area contributed by atoms with Gasteiger partial charge < -0.3 is 24.8 Å². The molecule has 1 atom stereocenters. The van der Waals surface area contributed by atoms with E-state index in [4.69, 9.17) is 26.6 Å². The zero-order valence-electron chi connectivity index (χ0n) is 9.71. The first-order chi connectivity index (χ1) is 9.06. The normalized spacial score (nSPS) is 12.3. The molecular formula is C11H11ClN2O5. The number of hydrogen-bond acceptors (Lipinski definition) is 6. The van der Waals surface area contributed by atoms with Crippen LogP contribution in [0, 0.1) is 0 Å². The first-order valence-corrected chi connectivity index (χ1v) is 5.72. The van der Waals surface area contributed by atoms with Crippen LogP contribution in [-0.4, -0.2) is 35.7 Å². The lowest BCUT2D eigenvalue weighted by Gasteiger charge is -2.10. The maximum Gasteiger partial charge on any atom is 0.404 e. The van der Waals surface area contributed by atoms with Crippen molar-refractivity contribution in [2.75, 3.05) is 13.2 Å². The molecular weight excluding hydrogens is 276 g/mol. The number of aliphatic hydroxyl groups is 1. The number of ether oxygens (including phenoxy) is 2. The molecule has 0 radical (unpaired) electrons. The third kappa shape index (κ3) is 3.49. The highest BCUT2D eigenvalue weighted by Gasteiger charge is 2.13. The number of halogens is 1. The lowest BCUT2D eigenvalue weighted by molar-refractivity contribution is 0.0402. The Balaban J connectivity index is 1.98. The highest BCUT2D eigenvalue weighted by Crippen LogP contribution is 2.27. The molecule has 1 aromatic heterocycles. The first-order valence-electron chi connectivity index (χ1n) is 5.34. The molecule has 0 aliphatic rings. The second kappa shape index (κ2) is 5.77. The third-order valence-corrected chi connectivity index (χ3v) is 2.46. The molecule has 0 bridgehead atoms. The summed E-state index contributed by atoms with van der Waals surface area (Å²) in [5.41, 5.74) is 5.28. The third-order valence-electron chi connectivity index (χ3n) is 2.23. The number of benzene rings is 1. The van der Waals surface area contributed by atoms with Crippen LogP contribution < -0.4 is 10.5 Å². The summed E-state index contributed by atoms with van der Waals surface area (Å²) in [7, 11) is 0. The Bertz CT molecular complexity index is 585. The zero-order chi connectivity index (χ0) is 13.8. The number of amides is 1. The summed E-state index contributed by atoms with van der Waals surface area (Å²) in [4.78, 5) is 10.4. The van der Waals surface area contributed by atoms with Crippen molar-refractivity contribution in [3.05, 3.63) is 23.2 Å². The lowest BCUT2D eigenvalue weighted by Crippen LogP contribution is -2.27. The van der Waals surface area contributed by atoms with Gasteiger partial charge in [0.1, 0.15) is 19.3 Å². The van der Waals surface area contributed by atoms with Crippen molar-refractivity contribution in [2.24, 2.45) is 5.73 Å². The van der Waals surface area contributed by atoms with E-state index in [0.29, 0.717) is 16.0 Å². The SMILES string of the molecule is NC(=O)OCC(O)COc1noc2ccc(Cl)cc12. The molecule has 1 aromatic carbocycles. The second-order valence-electron chi connectivity index (χ2n) is 3.72. The van der Waals surface area contributed by atoms with Gasteiger partial charge in [0.05, 0.1) is 5.39 Å². The van der Waals surface area contributed by atoms with E-state index in [1.165, 1.54) is 0 Å². The molecule has 0 saturated carbocycles. The average molecular weight is 287 g/mol. The Morgan fingerprint density at radius 1 is 1.53 bits per heavy atom. The highest BCUT2D eigenvalue weighted by atomic mass is 35.5. The van der Waals surface area contributed by atoms with E-state index in [1.54, 1.807) is 18.2 Å². The van der Waals surface area contributed by atoms with Gasteiger partial charge in [-0.15, -0.1) is 0 Å². The molecule has 8 heteroatoms. The van der Waals surface area contributed by atoms with Gasteiger partial charge in [0.15, 0.2) is 5.58 Å². The van der Waals surface area contributed by atoms with Crippen molar-refractivity contribution in [1.82, 2.24) is 5.16 Å². The topological polar surface area (TPSA) is 108 Å². The van der Waals surface area contributed by atoms with E-state index in [9.17, 15) is 9.90 Å². The minimum Gasteiger partial charge on any atom is -0.472 e. The van der Waals surface area contributed by atoms with E-state index >= 15 is 0 Å². The van der Waals surface area contributed by atoms with Crippen LogP contribution in [0.5, 0.6) is 5.88 Å². The van der Waals surface area contributed by atoms with Gasteiger partial charge in [0, 0.05) is 5.02 Å². The van der Waals surface area contributed by atoms with Crippen molar-refractivity contribution >= 4 is 28.7 Å². The number of carbonyl (C=O) groups excluding carboxylic acids is 1. The van der Waals surface area contributed by atoms with Crippen LogP contribution in [0.2, 0.25) is 5.02 Å². The van der Waals surface area contributed by atoms with Gasteiger partial charge in [0.25, 0.3) is 5.88 Å². The Morgan fingerprint density at radius 3 is 3.05 bits per heavy atom. The highest BCUT2D eigenvalue weighted by molar-refractivity contribution is 6.31. The van der Waals surface area contributed by atoms with Crippen LogP contribution in [0.1, 0.15) is 0 Å². The maximum absolute atomic E-state index is 10.4. The van der Waals surface area contributed by atoms with Crippen LogP contribution in [0.25, 0.3) is 11.0 Å². The van der Waals surface area contributed by atoms with E-state index in [0.717, 1.165) is 0 Å². The molecule has 1 heterocycles. The smallest absolute Gasteiger partial charge is 0.404 e. The van der Waals surface area contributed by atoms with E-state index in [2.05, 4.69) is 9.89 Å². The standard InChI is InChI=1S/C11H11ClN2O5/c12-6-1-2-9-8(3-6)10(14-19-9)17-4-7(15)5-18-11(13)16/h1-3,7,15H,4-5H2,(H2,13,16). The summed E-state index contributed by atoms with van der Waals surface area (Å²) in [6.07, 6.45) is -1.98. The maximum atomic E-state index is 10.4. The molecule has 3 N–H and O–H groups in total. The van der Waals surface area contributed by atoms with Crippen LogP contribution in [0.4, 0.5) is 4.79 Å². The van der Waals surface area contributed by atoms with Crippen LogP contribution in [0.3, 0.4) is 0 Å². The number of primary amides is 1. The van der Waals surface area contributed by atoms with Crippen molar-refractivity contribution in [1.29, 1.82) is 0 Å². The molecule has 1 amide bonds. The summed E-state index contributed by atoms with van der Waals surface area (Å²) in [6.45, 7) is -0.382. The minimum absolute atomic E-state index is 0.124. The van der Waals surface area contributed by atoms with Crippen LogP contribution in [-0.2, 0) is 4.74 Å².